The highest BCUT2D eigenvalue weighted by atomic mass is 19.1. The second-order valence-corrected chi connectivity index (χ2v) is 5.62. The lowest BCUT2D eigenvalue weighted by Crippen LogP contribution is -2.40. The molecule has 1 saturated heterocycles. The molecule has 126 valence electrons. The Labute approximate surface area is 138 Å². The van der Waals surface area contributed by atoms with Gasteiger partial charge in [-0.15, -0.1) is 0 Å². The highest BCUT2D eigenvalue weighted by Crippen LogP contribution is 2.24. The van der Waals surface area contributed by atoms with Crippen LogP contribution in [-0.4, -0.2) is 34.7 Å². The molecule has 1 amide bonds. The van der Waals surface area contributed by atoms with Crippen LogP contribution in [0.2, 0.25) is 0 Å². The van der Waals surface area contributed by atoms with Gasteiger partial charge in [0.25, 0.3) is 0 Å². The number of ether oxygens (including phenoxy) is 1. The normalized spacial score (nSPS) is 19.9. The van der Waals surface area contributed by atoms with E-state index in [2.05, 4.69) is 15.6 Å². The molecule has 1 aromatic heterocycles. The molecule has 3 N–H and O–H groups in total. The fraction of sp³-hybridized carbons (Fsp3) is 0.294. The fourth-order valence-electron chi connectivity index (χ4n) is 2.50. The number of carbonyl (C=O) groups is 1. The summed E-state index contributed by atoms with van der Waals surface area (Å²) in [5.74, 6) is -0.176. The van der Waals surface area contributed by atoms with E-state index in [4.69, 9.17) is 4.74 Å². The Morgan fingerprint density at radius 1 is 1.46 bits per heavy atom. The Balaban J connectivity index is 1.57. The van der Waals surface area contributed by atoms with Crippen molar-refractivity contribution >= 4 is 5.91 Å². The molecule has 24 heavy (non-hydrogen) atoms. The van der Waals surface area contributed by atoms with E-state index in [1.54, 1.807) is 24.4 Å². The van der Waals surface area contributed by atoms with Crippen molar-refractivity contribution in [2.45, 2.75) is 25.1 Å². The summed E-state index contributed by atoms with van der Waals surface area (Å²) in [6, 6.07) is 7.50. The third-order valence-corrected chi connectivity index (χ3v) is 3.75. The summed E-state index contributed by atoms with van der Waals surface area (Å²) in [6.07, 6.45) is 2.99. The van der Waals surface area contributed by atoms with Gasteiger partial charge in [0.2, 0.25) is 5.91 Å². The molecule has 1 fully saturated rings. The largest absolute Gasteiger partial charge is 0.453 e. The van der Waals surface area contributed by atoms with Gasteiger partial charge in [0.1, 0.15) is 5.75 Å². The molecule has 0 saturated carbocycles. The summed E-state index contributed by atoms with van der Waals surface area (Å²) in [5.41, 5.74) is 0.623. The zero-order valence-electron chi connectivity index (χ0n) is 12.9. The Morgan fingerprint density at radius 2 is 2.33 bits per heavy atom. The Hall–Kier alpha value is -2.51. The van der Waals surface area contributed by atoms with Gasteiger partial charge in [-0.3, -0.25) is 9.78 Å². The minimum Gasteiger partial charge on any atom is -0.453 e. The van der Waals surface area contributed by atoms with Crippen LogP contribution in [0.1, 0.15) is 12.0 Å². The van der Waals surface area contributed by atoms with E-state index in [1.165, 1.54) is 18.3 Å². The highest BCUT2D eigenvalue weighted by Gasteiger charge is 2.27. The van der Waals surface area contributed by atoms with Crippen LogP contribution in [0.5, 0.6) is 11.5 Å². The van der Waals surface area contributed by atoms with E-state index in [0.29, 0.717) is 24.3 Å². The van der Waals surface area contributed by atoms with Crippen LogP contribution in [0.3, 0.4) is 0 Å². The van der Waals surface area contributed by atoms with Crippen molar-refractivity contribution in [3.8, 4) is 11.5 Å². The molecular formula is C17H18FN3O3. The van der Waals surface area contributed by atoms with Gasteiger partial charge in [-0.1, -0.05) is 6.07 Å². The Morgan fingerprint density at radius 3 is 3.00 bits per heavy atom. The number of nitrogens with one attached hydrogen (secondary N) is 2. The first-order valence-electron chi connectivity index (χ1n) is 7.67. The van der Waals surface area contributed by atoms with Crippen molar-refractivity contribution in [1.29, 1.82) is 0 Å². The number of rotatable bonds is 5. The molecule has 2 atom stereocenters. The molecule has 2 unspecified atom stereocenters. The first-order chi connectivity index (χ1) is 11.6. The standard InChI is InChI=1S/C17H18FN3O3/c18-14-6-11(8-21-17(23)15-7-12(22)9-20-15)3-4-16(14)24-13-2-1-5-19-10-13/h1-6,10,12,15,20,22H,7-9H2,(H,21,23). The van der Waals surface area contributed by atoms with Crippen molar-refractivity contribution in [3.63, 3.8) is 0 Å². The van der Waals surface area contributed by atoms with Gasteiger partial charge in [-0.25, -0.2) is 4.39 Å². The SMILES string of the molecule is O=C(NCc1ccc(Oc2cccnc2)c(F)c1)C1CC(O)CN1. The predicted octanol–water partition coefficient (Wildman–Crippen LogP) is 1.35. The van der Waals surface area contributed by atoms with Crippen molar-refractivity contribution in [2.24, 2.45) is 0 Å². The minimum atomic E-state index is -0.514. The summed E-state index contributed by atoms with van der Waals surface area (Å²) >= 11 is 0. The van der Waals surface area contributed by atoms with Gasteiger partial charge >= 0.3 is 0 Å². The summed E-state index contributed by atoms with van der Waals surface area (Å²) in [5, 5.41) is 15.1. The maximum Gasteiger partial charge on any atom is 0.237 e. The van der Waals surface area contributed by atoms with E-state index in [9.17, 15) is 14.3 Å². The lowest BCUT2D eigenvalue weighted by molar-refractivity contribution is -0.123. The van der Waals surface area contributed by atoms with Crippen LogP contribution in [-0.2, 0) is 11.3 Å². The second-order valence-electron chi connectivity index (χ2n) is 5.62. The van der Waals surface area contributed by atoms with Gasteiger partial charge in [0.05, 0.1) is 18.3 Å². The average molecular weight is 331 g/mol. The monoisotopic (exact) mass is 331 g/mol. The van der Waals surface area contributed by atoms with Crippen LogP contribution in [0.15, 0.2) is 42.7 Å². The molecule has 0 bridgehead atoms. The molecule has 2 heterocycles. The molecule has 0 radical (unpaired) electrons. The van der Waals surface area contributed by atoms with Gasteiger partial charge in [0.15, 0.2) is 11.6 Å². The number of amides is 1. The molecule has 0 aliphatic carbocycles. The number of β-amino-alcohol motifs (C(OH)–C–C–N with tert-alkyl or cyclic N) is 1. The number of carbonyl (C=O) groups excluding carboxylic acids is 1. The van der Waals surface area contributed by atoms with Crippen LogP contribution >= 0.6 is 0 Å². The minimum absolute atomic E-state index is 0.0960. The summed E-state index contributed by atoms with van der Waals surface area (Å²) in [6.45, 7) is 0.615. The van der Waals surface area contributed by atoms with E-state index < -0.39 is 18.0 Å². The van der Waals surface area contributed by atoms with Gasteiger partial charge in [0, 0.05) is 19.3 Å². The molecular weight excluding hydrogens is 313 g/mol. The highest BCUT2D eigenvalue weighted by molar-refractivity contribution is 5.82. The summed E-state index contributed by atoms with van der Waals surface area (Å²) in [7, 11) is 0. The number of nitrogens with zero attached hydrogens (tertiary/aromatic N) is 1. The fourth-order valence-corrected chi connectivity index (χ4v) is 2.50. The molecule has 1 aliphatic heterocycles. The molecule has 2 aromatic rings. The van der Waals surface area contributed by atoms with E-state index in [-0.39, 0.29) is 18.2 Å². The van der Waals surface area contributed by atoms with E-state index in [0.717, 1.165) is 0 Å². The summed E-state index contributed by atoms with van der Waals surface area (Å²) < 4.78 is 19.5. The number of pyridine rings is 1. The van der Waals surface area contributed by atoms with Crippen LogP contribution in [0.4, 0.5) is 4.39 Å². The number of hydrogen-bond donors (Lipinski definition) is 3. The maximum absolute atomic E-state index is 14.1. The topological polar surface area (TPSA) is 83.5 Å². The second kappa shape index (κ2) is 7.37. The molecule has 6 nitrogen and oxygen atoms in total. The average Bonchev–Trinajstić information content (AvgIpc) is 3.02. The van der Waals surface area contributed by atoms with E-state index in [1.807, 2.05) is 0 Å². The lowest BCUT2D eigenvalue weighted by atomic mass is 10.1. The number of hydrogen-bond acceptors (Lipinski definition) is 5. The number of benzene rings is 1. The number of aromatic nitrogens is 1. The van der Waals surface area contributed by atoms with Crippen molar-refractivity contribution < 1.29 is 19.0 Å². The number of aliphatic hydroxyl groups is 1. The zero-order valence-corrected chi connectivity index (χ0v) is 12.9. The van der Waals surface area contributed by atoms with Gasteiger partial charge < -0.3 is 20.5 Å². The lowest BCUT2D eigenvalue weighted by Gasteiger charge is -2.12. The first kappa shape index (κ1) is 16.4. The molecule has 1 aliphatic rings. The molecule has 1 aromatic carbocycles. The van der Waals surface area contributed by atoms with Crippen molar-refractivity contribution in [3.05, 3.63) is 54.1 Å². The number of aliphatic hydroxyl groups excluding tert-OH is 1. The third kappa shape index (κ3) is 4.06. The van der Waals surface area contributed by atoms with Gasteiger partial charge in [-0.05, 0) is 36.2 Å². The van der Waals surface area contributed by atoms with Crippen molar-refractivity contribution in [1.82, 2.24) is 15.6 Å². The summed E-state index contributed by atoms with van der Waals surface area (Å²) in [4.78, 5) is 15.8. The van der Waals surface area contributed by atoms with E-state index >= 15 is 0 Å². The van der Waals surface area contributed by atoms with Crippen LogP contribution in [0, 0.1) is 5.82 Å². The molecule has 3 rings (SSSR count). The predicted molar refractivity (Wildman–Crippen MR) is 85.0 cm³/mol. The maximum atomic E-state index is 14.1. The first-order valence-corrected chi connectivity index (χ1v) is 7.67. The zero-order chi connectivity index (χ0) is 16.9. The number of halogens is 1. The smallest absolute Gasteiger partial charge is 0.237 e. The van der Waals surface area contributed by atoms with Crippen LogP contribution < -0.4 is 15.4 Å². The van der Waals surface area contributed by atoms with Crippen molar-refractivity contribution in [2.75, 3.05) is 6.54 Å². The quantitative estimate of drug-likeness (QED) is 0.770. The molecule has 0 spiro atoms. The molecule has 7 heteroatoms. The Bertz CT molecular complexity index is 711. The van der Waals surface area contributed by atoms with Crippen LogP contribution in [0.25, 0.3) is 0 Å². The van der Waals surface area contributed by atoms with Gasteiger partial charge in [-0.2, -0.15) is 0 Å². The Kier molecular flexibility index (Phi) is 5.02. The third-order valence-electron chi connectivity index (χ3n) is 3.75.